The molecule has 0 aliphatic heterocycles. The van der Waals surface area contributed by atoms with Crippen LogP contribution in [-0.4, -0.2) is 35.4 Å². The summed E-state index contributed by atoms with van der Waals surface area (Å²) in [5.41, 5.74) is 0.656. The van der Waals surface area contributed by atoms with E-state index >= 15 is 0 Å². The first-order valence-electron chi connectivity index (χ1n) is 12.2. The summed E-state index contributed by atoms with van der Waals surface area (Å²) in [6, 6.07) is 14.4. The van der Waals surface area contributed by atoms with Gasteiger partial charge in [0.15, 0.2) is 0 Å². The van der Waals surface area contributed by atoms with Gasteiger partial charge < -0.3 is 15.0 Å². The molecule has 0 spiro atoms. The number of carbonyl (C=O) groups excluding carboxylic acids is 2. The molecule has 0 unspecified atom stereocenters. The Balaban J connectivity index is 1.70. The minimum Gasteiger partial charge on any atom is -0.494 e. The van der Waals surface area contributed by atoms with Crippen molar-refractivity contribution in [2.75, 3.05) is 6.61 Å². The standard InChI is InChI=1S/C27H34Cl2N2O3/c1-2-25(27(33)30-20-11-5-3-6-12-20)31(19-22-23(28)15-9-16-24(22)29)26(32)17-10-18-34-21-13-7-4-8-14-21/h4,7-9,13-16,20,25H,2-3,5-6,10-12,17-19H2,1H3,(H,30,33)/t25-/m0/s1. The molecule has 0 heterocycles. The van der Waals surface area contributed by atoms with E-state index in [9.17, 15) is 9.59 Å². The van der Waals surface area contributed by atoms with Gasteiger partial charge in [0.05, 0.1) is 6.61 Å². The molecule has 1 saturated carbocycles. The Morgan fingerprint density at radius 3 is 2.35 bits per heavy atom. The van der Waals surface area contributed by atoms with Crippen LogP contribution in [0.1, 0.15) is 63.9 Å². The van der Waals surface area contributed by atoms with Gasteiger partial charge in [-0.15, -0.1) is 0 Å². The number of nitrogens with zero attached hydrogens (tertiary/aromatic N) is 1. The molecule has 2 aromatic carbocycles. The highest BCUT2D eigenvalue weighted by Crippen LogP contribution is 2.27. The number of benzene rings is 2. The predicted molar refractivity (Wildman–Crippen MR) is 137 cm³/mol. The molecular weight excluding hydrogens is 471 g/mol. The van der Waals surface area contributed by atoms with Crippen LogP contribution >= 0.6 is 23.2 Å². The number of para-hydroxylation sites is 1. The molecular formula is C27H34Cl2N2O3. The van der Waals surface area contributed by atoms with Gasteiger partial charge in [-0.3, -0.25) is 9.59 Å². The third-order valence-electron chi connectivity index (χ3n) is 6.27. The molecule has 0 saturated heterocycles. The summed E-state index contributed by atoms with van der Waals surface area (Å²) in [7, 11) is 0. The fourth-order valence-corrected chi connectivity index (χ4v) is 4.91. The number of carbonyl (C=O) groups is 2. The molecule has 5 nitrogen and oxygen atoms in total. The molecule has 1 aliphatic rings. The third kappa shape index (κ3) is 7.64. The Hall–Kier alpha value is -2.24. The van der Waals surface area contributed by atoms with Crippen molar-refractivity contribution < 1.29 is 14.3 Å². The van der Waals surface area contributed by atoms with Gasteiger partial charge in [0.1, 0.15) is 11.8 Å². The molecule has 184 valence electrons. The fourth-order valence-electron chi connectivity index (χ4n) is 4.39. The Kier molecular flexibility index (Phi) is 10.5. The summed E-state index contributed by atoms with van der Waals surface area (Å²) in [4.78, 5) is 28.3. The first kappa shape index (κ1) is 26.4. The minimum absolute atomic E-state index is 0.105. The minimum atomic E-state index is -0.586. The summed E-state index contributed by atoms with van der Waals surface area (Å²) in [5, 5.41) is 4.16. The van der Waals surface area contributed by atoms with Crippen molar-refractivity contribution in [1.82, 2.24) is 10.2 Å². The average Bonchev–Trinajstić information content (AvgIpc) is 2.84. The maximum absolute atomic E-state index is 13.4. The van der Waals surface area contributed by atoms with Crippen molar-refractivity contribution in [1.29, 1.82) is 0 Å². The molecule has 3 rings (SSSR count). The normalized spacial score (nSPS) is 14.9. The lowest BCUT2D eigenvalue weighted by atomic mass is 9.95. The van der Waals surface area contributed by atoms with E-state index in [0.717, 1.165) is 31.4 Å². The van der Waals surface area contributed by atoms with Gasteiger partial charge in [-0.25, -0.2) is 0 Å². The van der Waals surface area contributed by atoms with Crippen molar-refractivity contribution in [3.05, 3.63) is 64.1 Å². The van der Waals surface area contributed by atoms with Crippen molar-refractivity contribution in [2.45, 2.75) is 76.9 Å². The summed E-state index contributed by atoms with van der Waals surface area (Å²) in [6.45, 7) is 2.53. The zero-order valence-electron chi connectivity index (χ0n) is 19.8. The lowest BCUT2D eigenvalue weighted by Gasteiger charge is -2.33. The Bertz CT molecular complexity index is 912. The molecule has 1 atom stereocenters. The molecule has 1 N–H and O–H groups in total. The van der Waals surface area contributed by atoms with E-state index in [1.807, 2.05) is 37.3 Å². The summed E-state index contributed by atoms with van der Waals surface area (Å²) in [5.74, 6) is 0.553. The number of rotatable bonds is 11. The number of ether oxygens (including phenoxy) is 1. The molecule has 2 aromatic rings. The fraction of sp³-hybridized carbons (Fsp3) is 0.481. The highest BCUT2D eigenvalue weighted by Gasteiger charge is 2.31. The van der Waals surface area contributed by atoms with Crippen LogP contribution in [0.4, 0.5) is 0 Å². The predicted octanol–water partition coefficient (Wildman–Crippen LogP) is 6.41. The second-order valence-electron chi connectivity index (χ2n) is 8.75. The van der Waals surface area contributed by atoms with Gasteiger partial charge in [0, 0.05) is 34.6 Å². The van der Waals surface area contributed by atoms with E-state index < -0.39 is 6.04 Å². The number of nitrogens with one attached hydrogen (secondary N) is 1. The van der Waals surface area contributed by atoms with Crippen molar-refractivity contribution in [3.63, 3.8) is 0 Å². The summed E-state index contributed by atoms with van der Waals surface area (Å²) >= 11 is 12.8. The monoisotopic (exact) mass is 504 g/mol. The third-order valence-corrected chi connectivity index (χ3v) is 6.98. The van der Waals surface area contributed by atoms with Gasteiger partial charge in [0.2, 0.25) is 11.8 Å². The Morgan fingerprint density at radius 2 is 1.71 bits per heavy atom. The molecule has 7 heteroatoms. The van der Waals surface area contributed by atoms with Gasteiger partial charge in [-0.1, -0.05) is 73.7 Å². The zero-order chi connectivity index (χ0) is 24.3. The van der Waals surface area contributed by atoms with Gasteiger partial charge >= 0.3 is 0 Å². The summed E-state index contributed by atoms with van der Waals surface area (Å²) < 4.78 is 5.74. The topological polar surface area (TPSA) is 58.6 Å². The van der Waals surface area contributed by atoms with E-state index in [1.54, 1.807) is 23.1 Å². The van der Waals surface area contributed by atoms with Crippen LogP contribution < -0.4 is 10.1 Å². The van der Waals surface area contributed by atoms with Crippen LogP contribution in [0.3, 0.4) is 0 Å². The second-order valence-corrected chi connectivity index (χ2v) is 9.57. The van der Waals surface area contributed by atoms with E-state index in [4.69, 9.17) is 27.9 Å². The number of hydrogen-bond acceptors (Lipinski definition) is 3. The molecule has 2 amide bonds. The lowest BCUT2D eigenvalue weighted by molar-refractivity contribution is -0.142. The maximum atomic E-state index is 13.4. The van der Waals surface area contributed by atoms with Crippen LogP contribution in [0.2, 0.25) is 10.0 Å². The van der Waals surface area contributed by atoms with Crippen LogP contribution in [0.25, 0.3) is 0 Å². The number of halogens is 2. The number of hydrogen-bond donors (Lipinski definition) is 1. The van der Waals surface area contributed by atoms with Gasteiger partial charge in [0.25, 0.3) is 0 Å². The van der Waals surface area contributed by atoms with Crippen LogP contribution in [-0.2, 0) is 16.1 Å². The van der Waals surface area contributed by atoms with Crippen molar-refractivity contribution in [3.8, 4) is 5.75 Å². The molecule has 0 radical (unpaired) electrons. The van der Waals surface area contributed by atoms with E-state index in [0.29, 0.717) is 35.1 Å². The SMILES string of the molecule is CC[C@@H](C(=O)NC1CCCCC1)N(Cc1c(Cl)cccc1Cl)C(=O)CCCOc1ccccc1. The maximum Gasteiger partial charge on any atom is 0.243 e. The van der Waals surface area contributed by atoms with Crippen LogP contribution in [0.5, 0.6) is 5.75 Å². The summed E-state index contributed by atoms with van der Waals surface area (Å²) in [6.07, 6.45) is 6.76. The second kappa shape index (κ2) is 13.6. The highest BCUT2D eigenvalue weighted by molar-refractivity contribution is 6.36. The molecule has 0 aromatic heterocycles. The van der Waals surface area contributed by atoms with Crippen molar-refractivity contribution in [2.24, 2.45) is 0 Å². The van der Waals surface area contributed by atoms with Crippen molar-refractivity contribution >= 4 is 35.0 Å². The first-order chi connectivity index (χ1) is 16.5. The first-order valence-corrected chi connectivity index (χ1v) is 13.0. The molecule has 1 aliphatic carbocycles. The van der Waals surface area contributed by atoms with E-state index in [-0.39, 0.29) is 30.8 Å². The Morgan fingerprint density at radius 1 is 1.03 bits per heavy atom. The van der Waals surface area contributed by atoms with Crippen LogP contribution in [0, 0.1) is 0 Å². The molecule has 34 heavy (non-hydrogen) atoms. The van der Waals surface area contributed by atoms with Gasteiger partial charge in [-0.2, -0.15) is 0 Å². The van der Waals surface area contributed by atoms with E-state index in [1.165, 1.54) is 6.42 Å². The zero-order valence-corrected chi connectivity index (χ0v) is 21.3. The highest BCUT2D eigenvalue weighted by atomic mass is 35.5. The van der Waals surface area contributed by atoms with Crippen LogP contribution in [0.15, 0.2) is 48.5 Å². The quantitative estimate of drug-likeness (QED) is 0.359. The molecule has 1 fully saturated rings. The Labute approximate surface area is 212 Å². The lowest BCUT2D eigenvalue weighted by Crippen LogP contribution is -2.51. The average molecular weight is 505 g/mol. The van der Waals surface area contributed by atoms with E-state index in [2.05, 4.69) is 5.32 Å². The smallest absolute Gasteiger partial charge is 0.243 e. The largest absolute Gasteiger partial charge is 0.494 e. The van der Waals surface area contributed by atoms with Gasteiger partial charge in [-0.05, 0) is 49.9 Å². The number of amides is 2. The molecule has 0 bridgehead atoms.